The number of rotatable bonds is 9. The Morgan fingerprint density at radius 3 is 2.09 bits per heavy atom. The molecule has 34 heavy (non-hydrogen) atoms. The number of nitrogens with one attached hydrogen (secondary N) is 3. The standard InChI is InChI=1S/C26H39FN4O3/c27-22-16-21(25(32)28-12-15-31-13-10-18(11-14-31)26(33)34)23(29-19-8-4-5-9-19)17-24(22)30-20-6-2-1-3-7-20/h16-20,29-30H,1-15H2,(H,28,32)(H,33,34). The topological polar surface area (TPSA) is 93.7 Å². The first kappa shape index (κ1) is 24.8. The van der Waals surface area contributed by atoms with Gasteiger partial charge in [-0.2, -0.15) is 0 Å². The largest absolute Gasteiger partial charge is 0.481 e. The van der Waals surface area contributed by atoms with Crippen LogP contribution in [-0.4, -0.2) is 60.1 Å². The molecule has 8 heteroatoms. The van der Waals surface area contributed by atoms with Gasteiger partial charge in [-0.15, -0.1) is 0 Å². The Balaban J connectivity index is 1.38. The Bertz CT molecular complexity index is 845. The van der Waals surface area contributed by atoms with Gasteiger partial charge in [-0.1, -0.05) is 32.1 Å². The number of benzene rings is 1. The van der Waals surface area contributed by atoms with Gasteiger partial charge in [0, 0.05) is 30.9 Å². The van der Waals surface area contributed by atoms with Crippen molar-refractivity contribution in [1.82, 2.24) is 10.2 Å². The van der Waals surface area contributed by atoms with Crippen LogP contribution in [0.15, 0.2) is 12.1 Å². The summed E-state index contributed by atoms with van der Waals surface area (Å²) in [5, 5.41) is 19.0. The number of hydrogen-bond donors (Lipinski definition) is 4. The van der Waals surface area contributed by atoms with E-state index in [2.05, 4.69) is 20.9 Å². The summed E-state index contributed by atoms with van der Waals surface area (Å²) in [5.74, 6) is -1.65. The van der Waals surface area contributed by atoms with E-state index in [1.807, 2.05) is 0 Å². The number of hydrogen-bond acceptors (Lipinski definition) is 5. The van der Waals surface area contributed by atoms with Gasteiger partial charge in [0.15, 0.2) is 0 Å². The second kappa shape index (κ2) is 11.9. The average molecular weight is 475 g/mol. The third-order valence-electron chi connectivity index (χ3n) is 7.68. The molecule has 0 atom stereocenters. The molecule has 0 spiro atoms. The number of piperidine rings is 1. The van der Waals surface area contributed by atoms with Crippen molar-refractivity contribution in [3.63, 3.8) is 0 Å². The van der Waals surface area contributed by atoms with Crippen LogP contribution in [0, 0.1) is 11.7 Å². The summed E-state index contributed by atoms with van der Waals surface area (Å²) in [6.07, 6.45) is 11.4. The van der Waals surface area contributed by atoms with E-state index in [0.29, 0.717) is 48.9 Å². The fraction of sp³-hybridized carbons (Fsp3) is 0.692. The van der Waals surface area contributed by atoms with Crippen molar-refractivity contribution >= 4 is 23.3 Å². The zero-order valence-electron chi connectivity index (χ0n) is 20.1. The van der Waals surface area contributed by atoms with Crippen molar-refractivity contribution in [3.05, 3.63) is 23.5 Å². The third kappa shape index (κ3) is 6.62. The van der Waals surface area contributed by atoms with Gasteiger partial charge in [0.1, 0.15) is 5.82 Å². The number of likely N-dealkylation sites (tertiary alicyclic amines) is 1. The zero-order chi connectivity index (χ0) is 23.9. The van der Waals surface area contributed by atoms with Gasteiger partial charge in [0.2, 0.25) is 0 Å². The molecule has 0 bridgehead atoms. The zero-order valence-corrected chi connectivity index (χ0v) is 20.1. The number of carboxylic acid groups (broad SMARTS) is 1. The van der Waals surface area contributed by atoms with Crippen molar-refractivity contribution in [1.29, 1.82) is 0 Å². The van der Waals surface area contributed by atoms with E-state index in [1.165, 1.54) is 38.2 Å². The predicted molar refractivity (Wildman–Crippen MR) is 132 cm³/mol. The predicted octanol–water partition coefficient (Wildman–Crippen LogP) is 4.45. The number of aliphatic carboxylic acids is 1. The molecule has 1 amide bonds. The van der Waals surface area contributed by atoms with Gasteiger partial charge in [-0.05, 0) is 63.7 Å². The molecule has 4 rings (SSSR count). The second-order valence-electron chi connectivity index (χ2n) is 10.2. The van der Waals surface area contributed by atoms with E-state index in [4.69, 9.17) is 5.11 Å². The first-order valence-electron chi connectivity index (χ1n) is 13.1. The monoisotopic (exact) mass is 474 g/mol. The van der Waals surface area contributed by atoms with Crippen LogP contribution in [-0.2, 0) is 4.79 Å². The van der Waals surface area contributed by atoms with E-state index >= 15 is 4.39 Å². The lowest BCUT2D eigenvalue weighted by molar-refractivity contribution is -0.143. The number of nitrogens with zero attached hydrogens (tertiary/aromatic N) is 1. The van der Waals surface area contributed by atoms with Gasteiger partial charge < -0.3 is 26.0 Å². The molecule has 1 aliphatic heterocycles. The smallest absolute Gasteiger partial charge is 0.306 e. The molecule has 1 aromatic carbocycles. The lowest BCUT2D eigenvalue weighted by Crippen LogP contribution is -2.41. The van der Waals surface area contributed by atoms with Gasteiger partial charge in [-0.3, -0.25) is 9.59 Å². The molecular weight excluding hydrogens is 435 g/mol. The quantitative estimate of drug-likeness (QED) is 0.423. The van der Waals surface area contributed by atoms with Gasteiger partial charge in [0.25, 0.3) is 5.91 Å². The van der Waals surface area contributed by atoms with E-state index in [9.17, 15) is 9.59 Å². The van der Waals surface area contributed by atoms with Crippen molar-refractivity contribution in [2.75, 3.05) is 36.8 Å². The lowest BCUT2D eigenvalue weighted by Gasteiger charge is -2.30. The molecule has 0 aromatic heterocycles. The number of carbonyl (C=O) groups is 2. The fourth-order valence-corrected chi connectivity index (χ4v) is 5.57. The highest BCUT2D eigenvalue weighted by Crippen LogP contribution is 2.31. The Morgan fingerprint density at radius 1 is 0.882 bits per heavy atom. The fourth-order valence-electron chi connectivity index (χ4n) is 5.57. The second-order valence-corrected chi connectivity index (χ2v) is 10.2. The molecule has 3 fully saturated rings. The molecule has 0 radical (unpaired) electrons. The molecule has 1 saturated heterocycles. The minimum absolute atomic E-state index is 0.265. The summed E-state index contributed by atoms with van der Waals surface area (Å²) in [6.45, 7) is 2.55. The normalized spacial score (nSPS) is 20.9. The van der Waals surface area contributed by atoms with Crippen molar-refractivity contribution < 1.29 is 19.1 Å². The molecule has 2 aliphatic carbocycles. The molecule has 4 N–H and O–H groups in total. The maximum absolute atomic E-state index is 15.0. The minimum atomic E-state index is -0.723. The maximum atomic E-state index is 15.0. The van der Waals surface area contributed by atoms with Gasteiger partial charge in [-0.25, -0.2) is 4.39 Å². The van der Waals surface area contributed by atoms with Crippen LogP contribution < -0.4 is 16.0 Å². The van der Waals surface area contributed by atoms with Crippen LogP contribution in [0.5, 0.6) is 0 Å². The lowest BCUT2D eigenvalue weighted by atomic mass is 9.95. The summed E-state index contributed by atoms with van der Waals surface area (Å²) in [5.41, 5.74) is 1.53. The SMILES string of the molecule is O=C(NCCN1CCC(C(=O)O)CC1)c1cc(F)c(NC2CCCCC2)cc1NC1CCCC1. The molecule has 0 unspecified atom stereocenters. The van der Waals surface area contributed by atoms with E-state index in [0.717, 1.165) is 38.8 Å². The Labute approximate surface area is 201 Å². The number of anilines is 2. The van der Waals surface area contributed by atoms with Crippen LogP contribution in [0.2, 0.25) is 0 Å². The Morgan fingerprint density at radius 2 is 1.47 bits per heavy atom. The molecule has 1 heterocycles. The summed E-state index contributed by atoms with van der Waals surface area (Å²) >= 11 is 0. The van der Waals surface area contributed by atoms with E-state index in [1.54, 1.807) is 6.07 Å². The van der Waals surface area contributed by atoms with Gasteiger partial charge in [0.05, 0.1) is 17.2 Å². The van der Waals surface area contributed by atoms with E-state index in [-0.39, 0.29) is 23.7 Å². The molecule has 7 nitrogen and oxygen atoms in total. The number of halogens is 1. The van der Waals surface area contributed by atoms with Crippen LogP contribution in [0.1, 0.15) is 81.0 Å². The molecule has 188 valence electrons. The highest BCUT2D eigenvalue weighted by Gasteiger charge is 2.25. The van der Waals surface area contributed by atoms with Crippen LogP contribution in [0.4, 0.5) is 15.8 Å². The maximum Gasteiger partial charge on any atom is 0.306 e. The first-order valence-corrected chi connectivity index (χ1v) is 13.1. The summed E-state index contributed by atoms with van der Waals surface area (Å²) in [7, 11) is 0. The van der Waals surface area contributed by atoms with Crippen molar-refractivity contribution in [2.24, 2.45) is 5.92 Å². The average Bonchev–Trinajstić information content (AvgIpc) is 3.35. The third-order valence-corrected chi connectivity index (χ3v) is 7.68. The van der Waals surface area contributed by atoms with E-state index < -0.39 is 5.97 Å². The Kier molecular flexibility index (Phi) is 8.64. The highest BCUT2D eigenvalue weighted by atomic mass is 19.1. The number of amides is 1. The number of carbonyl (C=O) groups excluding carboxylic acids is 1. The van der Waals surface area contributed by atoms with Gasteiger partial charge >= 0.3 is 5.97 Å². The summed E-state index contributed by atoms with van der Waals surface area (Å²) < 4.78 is 15.0. The molecular formula is C26H39FN4O3. The first-order chi connectivity index (χ1) is 16.5. The summed E-state index contributed by atoms with van der Waals surface area (Å²) in [6, 6.07) is 3.76. The number of carboxylic acids is 1. The van der Waals surface area contributed by atoms with Crippen LogP contribution in [0.3, 0.4) is 0 Å². The molecule has 3 aliphatic rings. The van der Waals surface area contributed by atoms with Crippen molar-refractivity contribution in [2.45, 2.75) is 82.7 Å². The molecule has 2 saturated carbocycles. The van der Waals surface area contributed by atoms with Crippen LogP contribution >= 0.6 is 0 Å². The minimum Gasteiger partial charge on any atom is -0.481 e. The summed E-state index contributed by atoms with van der Waals surface area (Å²) in [4.78, 5) is 26.3. The van der Waals surface area contributed by atoms with Crippen molar-refractivity contribution in [3.8, 4) is 0 Å². The van der Waals surface area contributed by atoms with Crippen LogP contribution in [0.25, 0.3) is 0 Å². The molecule has 1 aromatic rings. The Hall–Kier alpha value is -2.35. The highest BCUT2D eigenvalue weighted by molar-refractivity contribution is 6.00.